The second-order valence-corrected chi connectivity index (χ2v) is 3.97. The largest absolute Gasteiger partial charge is 0.247 e. The Kier molecular flexibility index (Phi) is 4.54. The second kappa shape index (κ2) is 5.69. The van der Waals surface area contributed by atoms with Crippen molar-refractivity contribution in [2.45, 2.75) is 39.8 Å². The van der Waals surface area contributed by atoms with Crippen molar-refractivity contribution in [1.82, 2.24) is 0 Å². The van der Waals surface area contributed by atoms with Crippen molar-refractivity contribution >= 4 is 0 Å². The summed E-state index contributed by atoms with van der Waals surface area (Å²) >= 11 is 0. The molecular weight excluding hydrogens is 187 g/mol. The monoisotopic (exact) mass is 206 g/mol. The van der Waals surface area contributed by atoms with Gasteiger partial charge in [0, 0.05) is 0 Å². The molecular formula is C14H19F. The smallest absolute Gasteiger partial charge is 0.101 e. The third-order valence-electron chi connectivity index (χ3n) is 2.42. The molecule has 0 bridgehead atoms. The predicted octanol–water partition coefficient (Wildman–Crippen LogP) is 4.51. The summed E-state index contributed by atoms with van der Waals surface area (Å²) < 4.78 is 12.5. The fourth-order valence-electron chi connectivity index (χ4n) is 1.44. The first-order valence-electron chi connectivity index (χ1n) is 5.47. The quantitative estimate of drug-likeness (QED) is 0.634. The van der Waals surface area contributed by atoms with Crippen molar-refractivity contribution in [2.24, 2.45) is 0 Å². The van der Waals surface area contributed by atoms with Gasteiger partial charge >= 0.3 is 0 Å². The van der Waals surface area contributed by atoms with E-state index in [0.29, 0.717) is 6.42 Å². The number of halogens is 1. The first-order chi connectivity index (χ1) is 7.15. The minimum Gasteiger partial charge on any atom is -0.247 e. The molecule has 1 unspecified atom stereocenters. The predicted molar refractivity (Wildman–Crippen MR) is 64.5 cm³/mol. The molecule has 0 heterocycles. The van der Waals surface area contributed by atoms with E-state index in [0.717, 1.165) is 6.42 Å². The molecule has 0 aliphatic heterocycles. The van der Waals surface area contributed by atoms with Crippen molar-refractivity contribution in [1.29, 1.82) is 0 Å². The van der Waals surface area contributed by atoms with Crippen LogP contribution < -0.4 is 0 Å². The van der Waals surface area contributed by atoms with E-state index in [2.05, 4.69) is 19.1 Å². The van der Waals surface area contributed by atoms with Gasteiger partial charge < -0.3 is 0 Å². The highest BCUT2D eigenvalue weighted by Crippen LogP contribution is 2.39. The Morgan fingerprint density at radius 1 is 1.53 bits per heavy atom. The van der Waals surface area contributed by atoms with Crippen LogP contribution in [-0.4, -0.2) is 6.17 Å². The van der Waals surface area contributed by atoms with Gasteiger partial charge in [0.2, 0.25) is 0 Å². The Bertz CT molecular complexity index is 327. The lowest BCUT2D eigenvalue weighted by Crippen LogP contribution is -1.86. The fraction of sp³-hybridized carbons (Fsp3) is 0.429. The average molecular weight is 206 g/mol. The van der Waals surface area contributed by atoms with E-state index >= 15 is 0 Å². The molecule has 1 saturated carbocycles. The zero-order valence-electron chi connectivity index (χ0n) is 9.76. The van der Waals surface area contributed by atoms with Gasteiger partial charge in [-0.2, -0.15) is 0 Å². The van der Waals surface area contributed by atoms with Crippen LogP contribution in [0, 0.1) is 0 Å². The van der Waals surface area contributed by atoms with Crippen LogP contribution in [0.15, 0.2) is 47.1 Å². The molecule has 15 heavy (non-hydrogen) atoms. The molecule has 0 amide bonds. The molecule has 0 N–H and O–H groups in total. The van der Waals surface area contributed by atoms with Crippen LogP contribution in [0.2, 0.25) is 0 Å². The average Bonchev–Trinajstić information content (AvgIpc) is 2.93. The Labute approximate surface area is 91.9 Å². The topological polar surface area (TPSA) is 0 Å². The molecule has 82 valence electrons. The number of rotatable bonds is 4. The van der Waals surface area contributed by atoms with E-state index in [9.17, 15) is 4.39 Å². The minimum atomic E-state index is -0.740. The van der Waals surface area contributed by atoms with E-state index in [1.165, 1.54) is 16.7 Å². The van der Waals surface area contributed by atoms with Crippen molar-refractivity contribution in [3.63, 3.8) is 0 Å². The van der Waals surface area contributed by atoms with Gasteiger partial charge in [-0.3, -0.25) is 0 Å². The van der Waals surface area contributed by atoms with Gasteiger partial charge in [-0.1, -0.05) is 30.4 Å². The van der Waals surface area contributed by atoms with Gasteiger partial charge in [-0.25, -0.2) is 4.39 Å². The van der Waals surface area contributed by atoms with E-state index in [-0.39, 0.29) is 0 Å². The van der Waals surface area contributed by atoms with Crippen LogP contribution in [0.25, 0.3) is 0 Å². The summed E-state index contributed by atoms with van der Waals surface area (Å²) in [6, 6.07) is 0. The maximum atomic E-state index is 12.5. The highest BCUT2D eigenvalue weighted by molar-refractivity contribution is 5.56. The number of allylic oxidation sites excluding steroid dienone is 8. The third kappa shape index (κ3) is 4.28. The zero-order valence-corrected chi connectivity index (χ0v) is 9.76. The van der Waals surface area contributed by atoms with Gasteiger partial charge in [-0.15, -0.1) is 0 Å². The Hall–Kier alpha value is -1.11. The molecule has 1 aliphatic rings. The molecule has 1 atom stereocenters. The molecule has 0 aromatic heterocycles. The van der Waals surface area contributed by atoms with Crippen molar-refractivity contribution in [3.8, 4) is 0 Å². The summed E-state index contributed by atoms with van der Waals surface area (Å²) in [6.07, 6.45) is 11.0. The Balaban J connectivity index is 2.52. The third-order valence-corrected chi connectivity index (χ3v) is 2.42. The number of hydrogen-bond acceptors (Lipinski definition) is 0. The van der Waals surface area contributed by atoms with Gasteiger partial charge in [-0.05, 0) is 50.3 Å². The second-order valence-electron chi connectivity index (χ2n) is 3.97. The number of hydrogen-bond donors (Lipinski definition) is 0. The summed E-state index contributed by atoms with van der Waals surface area (Å²) in [7, 11) is 0. The molecule has 0 radical (unpaired) electrons. The normalized spacial score (nSPS) is 24.1. The maximum absolute atomic E-state index is 12.5. The van der Waals surface area contributed by atoms with Crippen LogP contribution in [-0.2, 0) is 0 Å². The Morgan fingerprint density at radius 2 is 2.27 bits per heavy atom. The van der Waals surface area contributed by atoms with E-state index in [1.54, 1.807) is 6.92 Å². The van der Waals surface area contributed by atoms with Crippen LogP contribution in [0.3, 0.4) is 0 Å². The van der Waals surface area contributed by atoms with E-state index in [4.69, 9.17) is 0 Å². The lowest BCUT2D eigenvalue weighted by molar-refractivity contribution is 0.365. The van der Waals surface area contributed by atoms with Gasteiger partial charge in [0.15, 0.2) is 0 Å². The molecule has 0 nitrogen and oxygen atoms in total. The summed E-state index contributed by atoms with van der Waals surface area (Å²) in [6.45, 7) is 5.69. The van der Waals surface area contributed by atoms with Crippen molar-refractivity contribution < 1.29 is 4.39 Å². The molecule has 0 saturated heterocycles. The molecule has 1 aliphatic carbocycles. The summed E-state index contributed by atoms with van der Waals surface area (Å²) in [5.74, 6) is 0. The SMILES string of the molecule is C/C=C/C=C1\C\C1=C(C)/C=C\CC(C)F. The zero-order chi connectivity index (χ0) is 11.3. The first-order valence-corrected chi connectivity index (χ1v) is 5.47. The molecule has 1 fully saturated rings. The van der Waals surface area contributed by atoms with Crippen molar-refractivity contribution in [2.75, 3.05) is 0 Å². The Morgan fingerprint density at radius 3 is 2.87 bits per heavy atom. The van der Waals surface area contributed by atoms with Gasteiger partial charge in [0.1, 0.15) is 6.17 Å². The van der Waals surface area contributed by atoms with E-state index < -0.39 is 6.17 Å². The minimum absolute atomic E-state index is 0.512. The molecule has 0 aromatic carbocycles. The fourth-order valence-corrected chi connectivity index (χ4v) is 1.44. The standard InChI is InChI=1S/C14H19F/c1-4-5-9-13-10-14(13)11(2)7-6-8-12(3)15/h4-7,9,12H,8,10H2,1-3H3/b5-4+,7-6-,13-9+,14-11+. The van der Waals surface area contributed by atoms with Crippen molar-refractivity contribution in [3.05, 3.63) is 47.1 Å². The first kappa shape index (κ1) is 12.0. The number of alkyl halides is 1. The van der Waals surface area contributed by atoms with E-state index in [1.807, 2.05) is 25.2 Å². The van der Waals surface area contributed by atoms with Crippen LogP contribution in [0.4, 0.5) is 4.39 Å². The lowest BCUT2D eigenvalue weighted by Gasteiger charge is -1.93. The molecule has 0 spiro atoms. The van der Waals surface area contributed by atoms with Crippen LogP contribution >= 0.6 is 0 Å². The summed E-state index contributed by atoms with van der Waals surface area (Å²) in [4.78, 5) is 0. The highest BCUT2D eigenvalue weighted by atomic mass is 19.1. The van der Waals surface area contributed by atoms with Crippen LogP contribution in [0.1, 0.15) is 33.6 Å². The summed E-state index contributed by atoms with van der Waals surface area (Å²) in [5.41, 5.74) is 4.09. The summed E-state index contributed by atoms with van der Waals surface area (Å²) in [5, 5.41) is 0. The molecule has 1 heteroatoms. The van der Waals surface area contributed by atoms with Crippen LogP contribution in [0.5, 0.6) is 0 Å². The molecule has 1 rings (SSSR count). The van der Waals surface area contributed by atoms with Gasteiger partial charge in [0.05, 0.1) is 0 Å². The molecule has 0 aromatic rings. The lowest BCUT2D eigenvalue weighted by atomic mass is 10.2. The maximum Gasteiger partial charge on any atom is 0.101 e. The highest BCUT2D eigenvalue weighted by Gasteiger charge is 2.21. The van der Waals surface area contributed by atoms with Gasteiger partial charge in [0.25, 0.3) is 0 Å².